The zero-order valence-corrected chi connectivity index (χ0v) is 24.8. The summed E-state index contributed by atoms with van der Waals surface area (Å²) < 4.78 is 33.4. The van der Waals surface area contributed by atoms with Gasteiger partial charge in [-0.15, -0.1) is 22.7 Å². The summed E-state index contributed by atoms with van der Waals surface area (Å²) in [6.07, 6.45) is 1.05. The first-order valence-corrected chi connectivity index (χ1v) is 15.1. The smallest absolute Gasteiger partial charge is 0.362 e. The van der Waals surface area contributed by atoms with E-state index in [4.69, 9.17) is 10.6 Å². The van der Waals surface area contributed by atoms with Crippen LogP contribution < -0.4 is 21.8 Å². The van der Waals surface area contributed by atoms with E-state index in [0.29, 0.717) is 0 Å². The Morgan fingerprint density at radius 3 is 2.48 bits per heavy atom. The van der Waals surface area contributed by atoms with Gasteiger partial charge in [-0.2, -0.15) is 8.42 Å². The second kappa shape index (κ2) is 12.0. The summed E-state index contributed by atoms with van der Waals surface area (Å²) in [6, 6.07) is -2.07. The van der Waals surface area contributed by atoms with Gasteiger partial charge in [0.2, 0.25) is 11.0 Å². The molecule has 0 unspecified atom stereocenters. The molecule has 4 heterocycles. The highest BCUT2D eigenvalue weighted by molar-refractivity contribution is 7.84. The molecular weight excluding hydrogens is 648 g/mol. The molecule has 3 aromatic heterocycles. The Kier molecular flexibility index (Phi) is 8.71. The minimum atomic E-state index is -5.13. The Bertz CT molecular complexity index is 1850. The number of nitrogens with one attached hydrogen (secondary N) is 3. The third-order valence-corrected chi connectivity index (χ3v) is 8.39. The maximum atomic E-state index is 13.2. The number of nitrogens with two attached hydrogens (primary N) is 1. The van der Waals surface area contributed by atoms with Gasteiger partial charge in [0, 0.05) is 29.6 Å². The van der Waals surface area contributed by atoms with Crippen LogP contribution >= 0.6 is 22.7 Å². The van der Waals surface area contributed by atoms with Crippen LogP contribution in [-0.2, 0) is 29.5 Å². The highest BCUT2D eigenvalue weighted by Gasteiger charge is 2.54. The minimum absolute atomic E-state index is 0.0119. The number of aliphatic carboxylic acids is 1. The molecule has 0 aliphatic carbocycles. The fourth-order valence-corrected chi connectivity index (χ4v) is 5.75. The van der Waals surface area contributed by atoms with Crippen molar-refractivity contribution in [1.82, 2.24) is 29.9 Å². The van der Waals surface area contributed by atoms with Crippen molar-refractivity contribution in [2.24, 2.45) is 5.16 Å². The van der Waals surface area contributed by atoms with Crippen LogP contribution in [0.3, 0.4) is 0 Å². The zero-order valence-electron chi connectivity index (χ0n) is 22.4. The molecule has 1 aliphatic heterocycles. The number of carbonyl (C=O) groups is 4. The molecule has 0 radical (unpaired) electrons. The van der Waals surface area contributed by atoms with Crippen molar-refractivity contribution in [3.63, 3.8) is 0 Å². The quantitative estimate of drug-likeness (QED) is 0.0543. The van der Waals surface area contributed by atoms with Crippen LogP contribution in [0, 0.1) is 0 Å². The highest BCUT2D eigenvalue weighted by Crippen LogP contribution is 2.25. The second-order valence-corrected chi connectivity index (χ2v) is 12.4. The summed E-state index contributed by atoms with van der Waals surface area (Å²) in [5, 5.41) is 29.7. The maximum absolute atomic E-state index is 13.2. The Balaban J connectivity index is 1.52. The van der Waals surface area contributed by atoms with Crippen molar-refractivity contribution in [2.75, 3.05) is 12.3 Å². The fraction of sp³-hybridized carbons (Fsp3) is 0.273. The number of amides is 3. The fourth-order valence-electron chi connectivity index (χ4n) is 3.55. The lowest BCUT2D eigenvalue weighted by Crippen LogP contribution is -2.74. The number of thiazole rings is 2. The topological polar surface area (TPSA) is 297 Å². The van der Waals surface area contributed by atoms with Gasteiger partial charge < -0.3 is 36.4 Å². The lowest BCUT2D eigenvalue weighted by Gasteiger charge is -2.44. The number of aromatic nitrogens is 3. The van der Waals surface area contributed by atoms with E-state index in [1.54, 1.807) is 0 Å². The molecule has 44 heavy (non-hydrogen) atoms. The van der Waals surface area contributed by atoms with Gasteiger partial charge in [-0.05, 0) is 13.8 Å². The number of aromatic hydroxyl groups is 1. The van der Waals surface area contributed by atoms with E-state index in [1.165, 1.54) is 10.8 Å². The van der Waals surface area contributed by atoms with Crippen molar-refractivity contribution >= 4 is 67.5 Å². The molecule has 3 aromatic rings. The normalized spacial score (nSPS) is 17.1. The molecule has 4 rings (SSSR count). The Morgan fingerprint density at radius 2 is 1.89 bits per heavy atom. The second-order valence-electron chi connectivity index (χ2n) is 9.39. The molecule has 8 N–H and O–H groups in total. The summed E-state index contributed by atoms with van der Waals surface area (Å²) in [4.78, 5) is 77.3. The van der Waals surface area contributed by atoms with Crippen molar-refractivity contribution in [1.29, 1.82) is 0 Å². The van der Waals surface area contributed by atoms with Crippen molar-refractivity contribution in [3.05, 3.63) is 44.6 Å². The van der Waals surface area contributed by atoms with Gasteiger partial charge >= 0.3 is 16.3 Å². The number of rotatable bonds is 11. The number of β-lactam (4-membered cyclic amide) rings is 1. The molecule has 234 valence electrons. The number of aromatic amines is 1. The van der Waals surface area contributed by atoms with Crippen LogP contribution in [0.4, 0.5) is 5.13 Å². The number of nitrogen functional groups attached to an aromatic ring is 1. The van der Waals surface area contributed by atoms with Gasteiger partial charge in [0.1, 0.15) is 22.4 Å². The maximum Gasteiger partial charge on any atom is 0.362 e. The van der Waals surface area contributed by atoms with Crippen LogP contribution in [0.2, 0.25) is 0 Å². The number of nitrogens with zero attached hydrogens (tertiary/aromatic N) is 4. The van der Waals surface area contributed by atoms with Gasteiger partial charge in [-0.1, -0.05) is 5.16 Å². The number of anilines is 1. The summed E-state index contributed by atoms with van der Waals surface area (Å²) in [5.41, 5.74) is 2.35. The predicted molar refractivity (Wildman–Crippen MR) is 152 cm³/mol. The van der Waals surface area contributed by atoms with E-state index in [1.807, 2.05) is 0 Å². The average Bonchev–Trinajstić information content (AvgIpc) is 3.60. The van der Waals surface area contributed by atoms with Crippen LogP contribution in [0.5, 0.6) is 5.75 Å². The van der Waals surface area contributed by atoms with E-state index >= 15 is 0 Å². The first-order valence-electron chi connectivity index (χ1n) is 12.0. The third-order valence-electron chi connectivity index (χ3n) is 5.90. The molecule has 1 fully saturated rings. The van der Waals surface area contributed by atoms with Gasteiger partial charge in [-0.25, -0.2) is 19.1 Å². The van der Waals surface area contributed by atoms with E-state index in [0.717, 1.165) is 48.8 Å². The summed E-state index contributed by atoms with van der Waals surface area (Å²) in [5.74, 6) is -5.17. The molecule has 2 atom stereocenters. The Morgan fingerprint density at radius 1 is 1.20 bits per heavy atom. The molecule has 1 saturated heterocycles. The number of carboxylic acid groups (broad SMARTS) is 1. The van der Waals surface area contributed by atoms with Crippen LogP contribution in [0.1, 0.15) is 30.0 Å². The van der Waals surface area contributed by atoms with Gasteiger partial charge in [0.15, 0.2) is 16.6 Å². The molecule has 19 nitrogen and oxygen atoms in total. The predicted octanol–water partition coefficient (Wildman–Crippen LogP) is -1.24. The lowest BCUT2D eigenvalue weighted by molar-refractivity contribution is -0.161. The van der Waals surface area contributed by atoms with E-state index in [-0.39, 0.29) is 31.5 Å². The van der Waals surface area contributed by atoms with Crippen molar-refractivity contribution in [3.8, 4) is 16.5 Å². The van der Waals surface area contributed by atoms with Crippen LogP contribution in [0.15, 0.2) is 33.0 Å². The Labute approximate surface area is 254 Å². The number of carbonyl (C=O) groups excluding carboxylic acids is 3. The monoisotopic (exact) mass is 670 g/mol. The number of hydrogen-bond acceptors (Lipinski definition) is 15. The number of hydrogen-bond donors (Lipinski definition) is 7. The molecule has 22 heteroatoms. The number of carboxylic acids is 1. The molecule has 0 bridgehead atoms. The van der Waals surface area contributed by atoms with E-state index in [9.17, 15) is 47.2 Å². The number of oxime groups is 1. The summed E-state index contributed by atoms with van der Waals surface area (Å²) >= 11 is 1.88. The van der Waals surface area contributed by atoms with E-state index < -0.39 is 75.1 Å². The number of pyridine rings is 1. The molecular formula is C22H22N8O11S3. The minimum Gasteiger partial charge on any atom is -0.503 e. The molecule has 0 saturated carbocycles. The number of H-pyrrole nitrogens is 1. The third kappa shape index (κ3) is 6.66. The van der Waals surface area contributed by atoms with Crippen molar-refractivity contribution < 1.29 is 47.2 Å². The molecule has 1 aliphatic rings. The lowest BCUT2D eigenvalue weighted by atomic mass is 9.98. The SMILES string of the molecule is CC(C)(O/N=C(\C(=O)N[C@@H]1C(=O)N(S(=O)(=O)O)[C@@H]1CNC(=O)c1csc(-c2cc(=O)c(O)c[nH]2)n1)c1csc(N)n1)C(=O)O. The Hall–Kier alpha value is -4.93. The van der Waals surface area contributed by atoms with Gasteiger partial charge in [0.05, 0.1) is 11.7 Å². The summed E-state index contributed by atoms with van der Waals surface area (Å²) in [6.45, 7) is 1.70. The highest BCUT2D eigenvalue weighted by atomic mass is 32.2. The van der Waals surface area contributed by atoms with E-state index in [2.05, 4.69) is 30.7 Å². The van der Waals surface area contributed by atoms with Crippen LogP contribution in [0.25, 0.3) is 10.7 Å². The van der Waals surface area contributed by atoms with Gasteiger partial charge in [0.25, 0.3) is 17.7 Å². The standard InChI is InChI=1S/C22H22N8O11S3/c1-22(2,20(36)37)41-29-14(9-6-43-21(23)27-9)17(34)28-15-11(30(19(15)35)44(38,39)40)4-25-16(33)10-7-42-18(26-10)8-3-12(31)13(32)5-24-8/h3,5-7,11,15,32H,4H2,1-2H3,(H2,23,27)(H,24,31)(H,25,33)(H,28,34)(H,36,37)(H,38,39,40)/b29-14-/t11-,15+/m1/s1. The largest absolute Gasteiger partial charge is 0.503 e. The zero-order chi connectivity index (χ0) is 32.6. The first-order chi connectivity index (χ1) is 20.5. The average molecular weight is 671 g/mol. The van der Waals surface area contributed by atoms with Gasteiger partial charge in [-0.3, -0.25) is 23.7 Å². The summed E-state index contributed by atoms with van der Waals surface area (Å²) in [7, 11) is -5.13. The van der Waals surface area contributed by atoms with Crippen molar-refractivity contribution in [2.45, 2.75) is 31.5 Å². The molecule has 0 spiro atoms. The van der Waals surface area contributed by atoms with Crippen LogP contribution in [-0.4, -0.2) is 96.1 Å². The molecule has 0 aromatic carbocycles. The molecule has 3 amide bonds. The first kappa shape index (κ1) is 32.0.